The van der Waals surface area contributed by atoms with Crippen LogP contribution >= 0.6 is 0 Å². The van der Waals surface area contributed by atoms with Crippen LogP contribution in [0.2, 0.25) is 0 Å². The van der Waals surface area contributed by atoms with Crippen molar-refractivity contribution in [1.82, 2.24) is 0 Å². The topological polar surface area (TPSA) is 78.9 Å². The number of hydrogen-bond donors (Lipinski definition) is 0. The lowest BCUT2D eigenvalue weighted by Gasteiger charge is -2.18. The van der Waals surface area contributed by atoms with Gasteiger partial charge in [0.25, 0.3) is 0 Å². The van der Waals surface area contributed by atoms with Gasteiger partial charge in [-0.2, -0.15) is 0 Å². The average molecular weight is 1110 g/mol. The Bertz CT molecular complexity index is 1700. The van der Waals surface area contributed by atoms with Gasteiger partial charge in [0, 0.05) is 19.3 Å². The molecule has 0 bridgehead atoms. The Labute approximate surface area is 494 Å². The van der Waals surface area contributed by atoms with Crippen molar-refractivity contribution in [3.05, 3.63) is 134 Å². The molecule has 454 valence electrons. The summed E-state index contributed by atoms with van der Waals surface area (Å²) in [5.74, 6) is -0.924. The molecule has 0 aromatic heterocycles. The van der Waals surface area contributed by atoms with Gasteiger partial charge < -0.3 is 14.2 Å². The van der Waals surface area contributed by atoms with Crippen LogP contribution in [0.4, 0.5) is 0 Å². The van der Waals surface area contributed by atoms with Crippen molar-refractivity contribution in [2.75, 3.05) is 13.2 Å². The smallest absolute Gasteiger partial charge is 0.306 e. The van der Waals surface area contributed by atoms with Crippen molar-refractivity contribution in [1.29, 1.82) is 0 Å². The lowest BCUT2D eigenvalue weighted by molar-refractivity contribution is -0.167. The van der Waals surface area contributed by atoms with Gasteiger partial charge in [0.15, 0.2) is 6.10 Å². The Morgan fingerprint density at radius 3 is 0.775 bits per heavy atom. The highest BCUT2D eigenvalue weighted by molar-refractivity contribution is 5.71. The first-order chi connectivity index (χ1) is 39.5. The molecule has 0 aromatic rings. The molecule has 0 N–H and O–H groups in total. The quantitative estimate of drug-likeness (QED) is 0.0261. The third kappa shape index (κ3) is 64.4. The highest BCUT2D eigenvalue weighted by Crippen LogP contribution is 2.15. The maximum atomic E-state index is 12.8. The maximum Gasteiger partial charge on any atom is 0.306 e. The number of hydrogen-bond acceptors (Lipinski definition) is 6. The molecule has 0 aromatic carbocycles. The third-order valence-electron chi connectivity index (χ3n) is 13.9. The van der Waals surface area contributed by atoms with Crippen LogP contribution in [0.25, 0.3) is 0 Å². The van der Waals surface area contributed by atoms with Crippen LogP contribution in [0.5, 0.6) is 0 Å². The fraction of sp³-hybridized carbons (Fsp3) is 0.662. The second-order valence-corrected chi connectivity index (χ2v) is 21.6. The second-order valence-electron chi connectivity index (χ2n) is 21.6. The summed E-state index contributed by atoms with van der Waals surface area (Å²) >= 11 is 0. The van der Waals surface area contributed by atoms with Gasteiger partial charge in [-0.1, -0.05) is 289 Å². The van der Waals surface area contributed by atoms with Crippen molar-refractivity contribution in [2.24, 2.45) is 0 Å². The van der Waals surface area contributed by atoms with E-state index in [0.717, 1.165) is 135 Å². The zero-order chi connectivity index (χ0) is 57.8. The van der Waals surface area contributed by atoms with E-state index in [1.165, 1.54) is 122 Å². The molecule has 1 atom stereocenters. The predicted octanol–water partition coefficient (Wildman–Crippen LogP) is 22.9. The molecule has 0 rings (SSSR count). The molecule has 0 fully saturated rings. The molecule has 0 amide bonds. The number of esters is 3. The highest BCUT2D eigenvalue weighted by atomic mass is 16.6. The molecule has 0 saturated carbocycles. The molecule has 0 aliphatic heterocycles. The third-order valence-corrected chi connectivity index (χ3v) is 13.9. The summed E-state index contributed by atoms with van der Waals surface area (Å²) in [7, 11) is 0. The zero-order valence-corrected chi connectivity index (χ0v) is 52.0. The van der Waals surface area contributed by atoms with Gasteiger partial charge in [-0.25, -0.2) is 0 Å². The number of carbonyl (C=O) groups excluding carboxylic acids is 3. The summed E-state index contributed by atoms with van der Waals surface area (Å²) in [6, 6.07) is 0. The van der Waals surface area contributed by atoms with E-state index >= 15 is 0 Å². The molecule has 0 aliphatic carbocycles. The van der Waals surface area contributed by atoms with Crippen LogP contribution in [-0.4, -0.2) is 37.2 Å². The fourth-order valence-corrected chi connectivity index (χ4v) is 8.94. The lowest BCUT2D eigenvalue weighted by Crippen LogP contribution is -2.30. The van der Waals surface area contributed by atoms with Crippen LogP contribution < -0.4 is 0 Å². The van der Waals surface area contributed by atoms with E-state index in [9.17, 15) is 14.4 Å². The van der Waals surface area contributed by atoms with Gasteiger partial charge >= 0.3 is 17.9 Å². The van der Waals surface area contributed by atoms with Crippen molar-refractivity contribution in [2.45, 2.75) is 303 Å². The number of rotatable bonds is 59. The van der Waals surface area contributed by atoms with Crippen molar-refractivity contribution in [3.8, 4) is 0 Å². The normalized spacial score (nSPS) is 13.0. The zero-order valence-electron chi connectivity index (χ0n) is 52.0. The van der Waals surface area contributed by atoms with Crippen LogP contribution in [0, 0.1) is 0 Å². The Morgan fingerprint density at radius 2 is 0.487 bits per heavy atom. The molecule has 80 heavy (non-hydrogen) atoms. The number of carbonyl (C=O) groups is 3. The fourth-order valence-electron chi connectivity index (χ4n) is 8.94. The monoisotopic (exact) mass is 1110 g/mol. The molecule has 0 heterocycles. The molecule has 0 radical (unpaired) electrons. The van der Waals surface area contributed by atoms with Gasteiger partial charge in [0.2, 0.25) is 0 Å². The minimum absolute atomic E-state index is 0.0885. The second kappa shape index (κ2) is 67.1. The van der Waals surface area contributed by atoms with Crippen LogP contribution in [0.3, 0.4) is 0 Å². The summed E-state index contributed by atoms with van der Waals surface area (Å²) in [6.07, 6.45) is 95.0. The largest absolute Gasteiger partial charge is 0.462 e. The Kier molecular flexibility index (Phi) is 63.3. The number of allylic oxidation sites excluding steroid dienone is 22. The van der Waals surface area contributed by atoms with Crippen molar-refractivity contribution in [3.63, 3.8) is 0 Å². The Morgan fingerprint density at radius 1 is 0.263 bits per heavy atom. The maximum absolute atomic E-state index is 12.8. The van der Waals surface area contributed by atoms with Crippen molar-refractivity contribution < 1.29 is 28.6 Å². The van der Waals surface area contributed by atoms with E-state index in [-0.39, 0.29) is 31.1 Å². The molecule has 6 heteroatoms. The Hall–Kier alpha value is -4.45. The first kappa shape index (κ1) is 75.5. The molecular formula is C74H122O6. The van der Waals surface area contributed by atoms with Gasteiger partial charge in [0.1, 0.15) is 13.2 Å². The predicted molar refractivity (Wildman–Crippen MR) is 348 cm³/mol. The van der Waals surface area contributed by atoms with E-state index in [1.807, 2.05) is 0 Å². The lowest BCUT2D eigenvalue weighted by atomic mass is 10.1. The van der Waals surface area contributed by atoms with E-state index < -0.39 is 6.10 Å². The van der Waals surface area contributed by atoms with E-state index in [2.05, 4.69) is 154 Å². The van der Waals surface area contributed by atoms with Crippen LogP contribution in [0.1, 0.15) is 297 Å². The number of unbranched alkanes of at least 4 members (excludes halogenated alkanes) is 26. The molecular weight excluding hydrogens is 985 g/mol. The molecule has 0 saturated heterocycles. The SMILES string of the molecule is CC/C=C\C/C=C\C/C=C\C/C=C\C/C=C\C/C=C\C/C=C\C/C=C\C/C=C\C/C=C\CCCCCCC(=O)OCC(COC(=O)CCCCCCCC)OC(=O)CCCCCCCCCCC/C=C\CCCCCCCCCC. The molecule has 1 unspecified atom stereocenters. The molecule has 0 spiro atoms. The van der Waals surface area contributed by atoms with Crippen LogP contribution in [-0.2, 0) is 28.6 Å². The summed E-state index contributed by atoms with van der Waals surface area (Å²) in [5, 5.41) is 0. The summed E-state index contributed by atoms with van der Waals surface area (Å²) in [5.41, 5.74) is 0. The van der Waals surface area contributed by atoms with E-state index in [0.29, 0.717) is 19.3 Å². The molecule has 0 aliphatic rings. The Balaban J connectivity index is 4.16. The minimum atomic E-state index is -0.790. The summed E-state index contributed by atoms with van der Waals surface area (Å²) in [4.78, 5) is 38.0. The van der Waals surface area contributed by atoms with Crippen molar-refractivity contribution >= 4 is 17.9 Å². The van der Waals surface area contributed by atoms with E-state index in [4.69, 9.17) is 14.2 Å². The van der Waals surface area contributed by atoms with Gasteiger partial charge in [-0.3, -0.25) is 14.4 Å². The number of ether oxygens (including phenoxy) is 3. The van der Waals surface area contributed by atoms with Gasteiger partial charge in [-0.15, -0.1) is 0 Å². The highest BCUT2D eigenvalue weighted by Gasteiger charge is 2.19. The van der Waals surface area contributed by atoms with Gasteiger partial charge in [0.05, 0.1) is 0 Å². The standard InChI is InChI=1S/C74H122O6/c1-4-7-10-13-16-18-20-22-24-26-28-30-31-32-33-34-35-36-37-38-39-40-41-42-43-45-46-48-50-52-54-56-58-61-64-67-73(76)79-70-71(69-78-72(75)66-63-60-15-12-9-6-3)80-74(77)68-65-62-59-57-55-53-51-49-47-44-29-27-25-23-21-19-17-14-11-8-5-2/h7,10,16,18,22,24,27-30,32-33,35-36,38-39,41-42,45-46,50,52,71H,4-6,8-9,11-15,17,19-21,23,25-26,31,34,37,40,43-44,47-49,51,53-70H2,1-3H3/b10-7-,18-16-,24-22-,29-27-,30-28-,33-32-,36-35-,39-38-,42-41-,46-45-,52-50-. The molecule has 6 nitrogen and oxygen atoms in total. The first-order valence-corrected chi connectivity index (χ1v) is 33.2. The first-order valence-electron chi connectivity index (χ1n) is 33.2. The summed E-state index contributed by atoms with van der Waals surface area (Å²) in [6.45, 7) is 6.45. The summed E-state index contributed by atoms with van der Waals surface area (Å²) < 4.78 is 16.8. The average Bonchev–Trinajstić information content (AvgIpc) is 3.46. The minimum Gasteiger partial charge on any atom is -0.462 e. The van der Waals surface area contributed by atoms with Crippen LogP contribution in [0.15, 0.2) is 134 Å². The van der Waals surface area contributed by atoms with E-state index in [1.54, 1.807) is 0 Å². The van der Waals surface area contributed by atoms with Gasteiger partial charge in [-0.05, 0) is 122 Å².